The van der Waals surface area contributed by atoms with E-state index < -0.39 is 56.1 Å². The van der Waals surface area contributed by atoms with E-state index in [-0.39, 0.29) is 6.54 Å². The zero-order valence-electron chi connectivity index (χ0n) is 13.9. The molecule has 26 heavy (non-hydrogen) atoms. The Morgan fingerprint density at radius 3 is 2.42 bits per heavy atom. The van der Waals surface area contributed by atoms with Gasteiger partial charge < -0.3 is 4.74 Å². The second-order valence-corrected chi connectivity index (χ2v) is 7.86. The molecule has 0 radical (unpaired) electrons. The van der Waals surface area contributed by atoms with Crippen molar-refractivity contribution in [3.05, 3.63) is 22.4 Å². The van der Waals surface area contributed by atoms with Gasteiger partial charge in [-0.15, -0.1) is 0 Å². The third-order valence-corrected chi connectivity index (χ3v) is 4.87. The molecule has 0 aromatic carbocycles. The third-order valence-electron chi connectivity index (χ3n) is 3.33. The monoisotopic (exact) mass is 405 g/mol. The molecule has 0 fully saturated rings. The number of rotatable bonds is 6. The molecule has 0 atom stereocenters. The molecular formula is C13H16F5N3O4S. The summed E-state index contributed by atoms with van der Waals surface area (Å²) in [4.78, 5) is 4.98. The molecule has 0 saturated heterocycles. The van der Waals surface area contributed by atoms with Crippen LogP contribution in [-0.4, -0.2) is 30.4 Å². The zero-order chi connectivity index (χ0) is 19.9. The van der Waals surface area contributed by atoms with Crippen LogP contribution >= 0.6 is 0 Å². The van der Waals surface area contributed by atoms with Crippen LogP contribution in [0, 0.1) is 0 Å². The van der Waals surface area contributed by atoms with Crippen molar-refractivity contribution in [3.8, 4) is 5.88 Å². The lowest BCUT2D eigenvalue weighted by Crippen LogP contribution is -2.23. The number of nitrogens with one attached hydrogen (secondary N) is 1. The minimum absolute atomic E-state index is 0.234. The molecule has 2 rings (SSSR count). The highest BCUT2D eigenvalue weighted by Crippen LogP contribution is 2.38. The molecule has 7 nitrogen and oxygen atoms in total. The lowest BCUT2D eigenvalue weighted by Gasteiger charge is -2.12. The van der Waals surface area contributed by atoms with Crippen LogP contribution in [0.2, 0.25) is 0 Å². The van der Waals surface area contributed by atoms with Gasteiger partial charge in [0.25, 0.3) is 0 Å². The standard InChI is InChI=1S/C13H16F5N3O4S/c1-4-21-10(24-11(14)15)7(9(19-21)13(16,17)18)6-26(22,23)8-5-12(2,3)25-20-8/h5,11,20H,4,6H2,1-3H3. The van der Waals surface area contributed by atoms with Gasteiger partial charge in [-0.1, -0.05) is 0 Å². The number of ether oxygens (including phenoxy) is 1. The Balaban J connectivity index is 2.55. The summed E-state index contributed by atoms with van der Waals surface area (Å²) in [6, 6.07) is 0. The molecule has 148 valence electrons. The van der Waals surface area contributed by atoms with Crippen molar-refractivity contribution in [1.29, 1.82) is 0 Å². The van der Waals surface area contributed by atoms with Crippen LogP contribution in [0.4, 0.5) is 22.0 Å². The first-order valence-electron chi connectivity index (χ1n) is 7.28. The highest BCUT2D eigenvalue weighted by atomic mass is 32.2. The van der Waals surface area contributed by atoms with Crippen LogP contribution in [0.1, 0.15) is 32.0 Å². The maximum absolute atomic E-state index is 13.2. The molecule has 0 bridgehead atoms. The van der Waals surface area contributed by atoms with Gasteiger partial charge in [0.15, 0.2) is 20.6 Å². The summed E-state index contributed by atoms with van der Waals surface area (Å²) in [6.45, 7) is 0.697. The highest BCUT2D eigenvalue weighted by molar-refractivity contribution is 7.94. The summed E-state index contributed by atoms with van der Waals surface area (Å²) in [5.41, 5.74) is -1.48. The summed E-state index contributed by atoms with van der Waals surface area (Å²) >= 11 is 0. The van der Waals surface area contributed by atoms with Gasteiger partial charge in [-0.3, -0.25) is 10.3 Å². The summed E-state index contributed by atoms with van der Waals surface area (Å²) < 4.78 is 94.5. The van der Waals surface area contributed by atoms with Crippen molar-refractivity contribution >= 4 is 9.84 Å². The average Bonchev–Trinajstić information content (AvgIpc) is 2.99. The minimum atomic E-state index is -5.06. The molecule has 0 unspecified atom stereocenters. The van der Waals surface area contributed by atoms with Gasteiger partial charge in [0.2, 0.25) is 5.88 Å². The molecule has 1 N–H and O–H groups in total. The molecule has 0 spiro atoms. The quantitative estimate of drug-likeness (QED) is 0.733. The smallest absolute Gasteiger partial charge is 0.417 e. The first-order chi connectivity index (χ1) is 11.8. The van der Waals surface area contributed by atoms with E-state index in [1.807, 2.05) is 0 Å². The van der Waals surface area contributed by atoms with Crippen molar-refractivity contribution in [3.63, 3.8) is 0 Å². The molecule has 1 aliphatic rings. The van der Waals surface area contributed by atoms with Crippen molar-refractivity contribution in [1.82, 2.24) is 15.3 Å². The third kappa shape index (κ3) is 4.26. The molecule has 0 aliphatic carbocycles. The Morgan fingerprint density at radius 2 is 2.00 bits per heavy atom. The Bertz CT molecular complexity index is 814. The van der Waals surface area contributed by atoms with E-state index in [0.29, 0.717) is 4.68 Å². The number of sulfone groups is 1. The Kier molecular flexibility index (Phi) is 5.25. The molecule has 1 aromatic heterocycles. The summed E-state index contributed by atoms with van der Waals surface area (Å²) in [6.07, 6.45) is -3.90. The van der Waals surface area contributed by atoms with E-state index in [1.165, 1.54) is 20.8 Å². The first kappa shape index (κ1) is 20.4. The number of nitrogens with zero attached hydrogens (tertiary/aromatic N) is 2. The Hall–Kier alpha value is -1.89. The Labute approximate surface area is 145 Å². The van der Waals surface area contributed by atoms with Gasteiger partial charge in [-0.2, -0.15) is 27.1 Å². The fraction of sp³-hybridized carbons (Fsp3) is 0.615. The number of aryl methyl sites for hydroxylation is 1. The molecule has 0 amide bonds. The second kappa shape index (κ2) is 6.68. The van der Waals surface area contributed by atoms with Crippen LogP contribution in [0.25, 0.3) is 0 Å². The van der Waals surface area contributed by atoms with Crippen molar-refractivity contribution in [2.45, 2.75) is 51.5 Å². The highest BCUT2D eigenvalue weighted by Gasteiger charge is 2.42. The lowest BCUT2D eigenvalue weighted by molar-refractivity contribution is -0.142. The Morgan fingerprint density at radius 1 is 1.38 bits per heavy atom. The molecule has 2 heterocycles. The van der Waals surface area contributed by atoms with Gasteiger partial charge in [0.05, 0.1) is 11.3 Å². The molecule has 1 aromatic rings. The zero-order valence-corrected chi connectivity index (χ0v) is 14.7. The predicted octanol–water partition coefficient (Wildman–Crippen LogP) is 2.59. The number of hydrogen-bond donors (Lipinski definition) is 1. The SMILES string of the molecule is CCn1nc(C(F)(F)F)c(CS(=O)(=O)C2=CC(C)(C)ON2)c1OC(F)F. The van der Waals surface area contributed by atoms with Gasteiger partial charge in [-0.05, 0) is 26.8 Å². The average molecular weight is 405 g/mol. The second-order valence-electron chi connectivity index (χ2n) is 5.90. The number of hydroxylamine groups is 1. The largest absolute Gasteiger partial charge is 0.435 e. The van der Waals surface area contributed by atoms with Gasteiger partial charge in [-0.25, -0.2) is 13.1 Å². The predicted molar refractivity (Wildman–Crippen MR) is 78.5 cm³/mol. The van der Waals surface area contributed by atoms with E-state index >= 15 is 0 Å². The lowest BCUT2D eigenvalue weighted by atomic mass is 10.1. The maximum Gasteiger partial charge on any atom is 0.435 e. The van der Waals surface area contributed by atoms with E-state index in [0.717, 1.165) is 6.08 Å². The van der Waals surface area contributed by atoms with Crippen molar-refractivity contribution in [2.24, 2.45) is 0 Å². The van der Waals surface area contributed by atoms with Crippen LogP contribution < -0.4 is 10.2 Å². The van der Waals surface area contributed by atoms with E-state index in [2.05, 4.69) is 15.3 Å². The molecule has 0 saturated carbocycles. The van der Waals surface area contributed by atoms with Crippen molar-refractivity contribution < 1.29 is 39.9 Å². The fourth-order valence-corrected chi connectivity index (χ4v) is 3.68. The van der Waals surface area contributed by atoms with E-state index in [1.54, 1.807) is 0 Å². The number of aromatic nitrogens is 2. The molecule has 13 heteroatoms. The number of halogens is 5. The van der Waals surface area contributed by atoms with Crippen molar-refractivity contribution in [2.75, 3.05) is 0 Å². The maximum atomic E-state index is 13.2. The summed E-state index contributed by atoms with van der Waals surface area (Å²) in [5, 5.41) is 2.72. The van der Waals surface area contributed by atoms with Gasteiger partial charge in [0, 0.05) is 6.54 Å². The number of hydrogen-bond acceptors (Lipinski definition) is 6. The normalized spacial score (nSPS) is 17.3. The van der Waals surface area contributed by atoms with Crippen LogP contribution in [0.5, 0.6) is 5.88 Å². The van der Waals surface area contributed by atoms with Gasteiger partial charge in [0.1, 0.15) is 5.60 Å². The fourth-order valence-electron chi connectivity index (χ4n) is 2.25. The van der Waals surface area contributed by atoms with Gasteiger partial charge >= 0.3 is 12.8 Å². The van der Waals surface area contributed by atoms with Crippen LogP contribution in [0.3, 0.4) is 0 Å². The molecule has 1 aliphatic heterocycles. The number of alkyl halides is 5. The van der Waals surface area contributed by atoms with Crippen LogP contribution in [0.15, 0.2) is 11.1 Å². The van der Waals surface area contributed by atoms with Crippen LogP contribution in [-0.2, 0) is 33.1 Å². The minimum Gasteiger partial charge on any atom is -0.417 e. The molecular weight excluding hydrogens is 389 g/mol. The van der Waals surface area contributed by atoms with E-state index in [9.17, 15) is 30.4 Å². The van der Waals surface area contributed by atoms with E-state index in [4.69, 9.17) is 4.84 Å². The topological polar surface area (TPSA) is 82.5 Å². The summed E-state index contributed by atoms with van der Waals surface area (Å²) in [5.74, 6) is -2.19. The summed E-state index contributed by atoms with van der Waals surface area (Å²) in [7, 11) is -4.37. The first-order valence-corrected chi connectivity index (χ1v) is 8.93.